The van der Waals surface area contributed by atoms with E-state index in [4.69, 9.17) is 5.84 Å². The van der Waals surface area contributed by atoms with E-state index in [1.807, 2.05) is 6.92 Å². The Morgan fingerprint density at radius 1 is 1.59 bits per heavy atom. The number of nitrogens with one attached hydrogen (secondary N) is 2. The number of aromatic nitrogens is 2. The first-order valence-corrected chi connectivity index (χ1v) is 6.23. The van der Waals surface area contributed by atoms with Gasteiger partial charge in [-0.15, -0.1) is 0 Å². The molecule has 1 unspecified atom stereocenters. The third kappa shape index (κ3) is 4.45. The number of hydrogen-bond acceptors (Lipinski definition) is 6. The lowest BCUT2D eigenvalue weighted by atomic mass is 10.0. The molecule has 0 aliphatic rings. The Kier molecular flexibility index (Phi) is 5.10. The maximum absolute atomic E-state index is 10.0. The largest absolute Gasteiger partial charge is 0.388 e. The quantitative estimate of drug-likeness (QED) is 0.470. The van der Waals surface area contributed by atoms with E-state index in [0.29, 0.717) is 18.3 Å². The van der Waals surface area contributed by atoms with Crippen LogP contribution in [0.4, 0.5) is 11.8 Å². The maximum Gasteiger partial charge on any atom is 0.239 e. The van der Waals surface area contributed by atoms with Gasteiger partial charge < -0.3 is 10.4 Å². The summed E-state index contributed by atoms with van der Waals surface area (Å²) in [7, 11) is 0. The van der Waals surface area contributed by atoms with Crippen LogP contribution in [-0.2, 0) is 0 Å². The molecule has 1 aromatic rings. The highest BCUT2D eigenvalue weighted by Gasteiger charge is 2.19. The van der Waals surface area contributed by atoms with Gasteiger partial charge in [-0.05, 0) is 29.3 Å². The number of halogens is 1. The molecule has 0 spiro atoms. The van der Waals surface area contributed by atoms with Crippen molar-refractivity contribution in [2.24, 2.45) is 5.84 Å². The van der Waals surface area contributed by atoms with Crippen molar-refractivity contribution in [3.8, 4) is 0 Å². The predicted octanol–water partition coefficient (Wildman–Crippen LogP) is 1.49. The van der Waals surface area contributed by atoms with Crippen molar-refractivity contribution in [1.82, 2.24) is 9.97 Å². The molecule has 0 amide bonds. The lowest BCUT2D eigenvalue weighted by Crippen LogP contribution is -2.33. The SMILES string of the molecule is CCCC(C)(O)CNc1nc(NN)ncc1Br. The first kappa shape index (κ1) is 14.1. The first-order valence-electron chi connectivity index (χ1n) is 5.44. The van der Waals surface area contributed by atoms with E-state index in [-0.39, 0.29) is 0 Å². The summed E-state index contributed by atoms with van der Waals surface area (Å²) in [5.74, 6) is 6.16. The van der Waals surface area contributed by atoms with E-state index in [1.54, 1.807) is 13.1 Å². The lowest BCUT2D eigenvalue weighted by molar-refractivity contribution is 0.0636. The summed E-state index contributed by atoms with van der Waals surface area (Å²) in [6.45, 7) is 4.24. The zero-order chi connectivity index (χ0) is 12.9. The molecule has 0 saturated heterocycles. The van der Waals surface area contributed by atoms with Gasteiger partial charge in [0.25, 0.3) is 0 Å². The average molecular weight is 304 g/mol. The Balaban J connectivity index is 2.68. The van der Waals surface area contributed by atoms with Crippen LogP contribution in [0.2, 0.25) is 0 Å². The third-order valence-electron chi connectivity index (χ3n) is 2.30. The topological polar surface area (TPSA) is 96.1 Å². The predicted molar refractivity (Wildman–Crippen MR) is 71.6 cm³/mol. The molecule has 1 atom stereocenters. The Labute approximate surface area is 109 Å². The molecule has 1 rings (SSSR count). The number of aliphatic hydroxyl groups is 1. The molecule has 0 aromatic carbocycles. The molecule has 17 heavy (non-hydrogen) atoms. The van der Waals surface area contributed by atoms with Crippen molar-refractivity contribution in [2.75, 3.05) is 17.3 Å². The van der Waals surface area contributed by atoms with Crippen molar-refractivity contribution < 1.29 is 5.11 Å². The number of rotatable bonds is 6. The molecule has 1 aromatic heterocycles. The average Bonchev–Trinajstić information content (AvgIpc) is 2.28. The van der Waals surface area contributed by atoms with Crippen molar-refractivity contribution in [3.05, 3.63) is 10.7 Å². The number of nitrogens with two attached hydrogens (primary N) is 1. The lowest BCUT2D eigenvalue weighted by Gasteiger charge is -2.23. The highest BCUT2D eigenvalue weighted by atomic mass is 79.9. The summed E-state index contributed by atoms with van der Waals surface area (Å²) in [5, 5.41) is 13.1. The van der Waals surface area contributed by atoms with Crippen LogP contribution in [-0.4, -0.2) is 27.2 Å². The van der Waals surface area contributed by atoms with Gasteiger partial charge in [-0.1, -0.05) is 13.3 Å². The van der Waals surface area contributed by atoms with E-state index in [2.05, 4.69) is 36.6 Å². The van der Waals surface area contributed by atoms with Gasteiger partial charge in [0, 0.05) is 12.7 Å². The van der Waals surface area contributed by atoms with Gasteiger partial charge in [-0.3, -0.25) is 5.43 Å². The highest BCUT2D eigenvalue weighted by molar-refractivity contribution is 9.10. The molecule has 0 radical (unpaired) electrons. The van der Waals surface area contributed by atoms with Crippen molar-refractivity contribution in [2.45, 2.75) is 32.3 Å². The molecule has 0 aliphatic heterocycles. The summed E-state index contributed by atoms with van der Waals surface area (Å²) >= 11 is 3.33. The molecule has 0 aliphatic carbocycles. The highest BCUT2D eigenvalue weighted by Crippen LogP contribution is 2.21. The Morgan fingerprint density at radius 2 is 2.29 bits per heavy atom. The monoisotopic (exact) mass is 303 g/mol. The van der Waals surface area contributed by atoms with Gasteiger partial charge in [0.05, 0.1) is 10.1 Å². The minimum Gasteiger partial charge on any atom is -0.388 e. The first-order chi connectivity index (χ1) is 7.98. The van der Waals surface area contributed by atoms with Crippen molar-refractivity contribution in [1.29, 1.82) is 0 Å². The van der Waals surface area contributed by atoms with Crippen LogP contribution in [0, 0.1) is 0 Å². The van der Waals surface area contributed by atoms with Crippen LogP contribution >= 0.6 is 15.9 Å². The summed E-state index contributed by atoms with van der Waals surface area (Å²) < 4.78 is 0.726. The van der Waals surface area contributed by atoms with Crippen LogP contribution < -0.4 is 16.6 Å². The fourth-order valence-electron chi connectivity index (χ4n) is 1.46. The molecule has 96 valence electrons. The van der Waals surface area contributed by atoms with Crippen molar-refractivity contribution in [3.63, 3.8) is 0 Å². The standard InChI is InChI=1S/C10H18BrN5O/c1-3-4-10(2,17)6-14-8-7(11)5-13-9(15-8)16-12/h5,17H,3-4,6,12H2,1-2H3,(H2,13,14,15,16). The second-order valence-corrected chi connectivity index (χ2v) is 4.99. The van der Waals surface area contributed by atoms with Crippen LogP contribution in [0.5, 0.6) is 0 Å². The second-order valence-electron chi connectivity index (χ2n) is 4.13. The molecule has 6 nitrogen and oxygen atoms in total. The maximum atomic E-state index is 10.0. The number of nitrogen functional groups attached to an aromatic ring is 1. The van der Waals surface area contributed by atoms with E-state index < -0.39 is 5.60 Å². The van der Waals surface area contributed by atoms with Crippen LogP contribution in [0.25, 0.3) is 0 Å². The summed E-state index contributed by atoms with van der Waals surface area (Å²) in [6.07, 6.45) is 3.25. The molecule has 7 heteroatoms. The zero-order valence-corrected chi connectivity index (χ0v) is 11.6. The number of hydrazine groups is 1. The number of nitrogens with zero attached hydrogens (tertiary/aromatic N) is 2. The fraction of sp³-hybridized carbons (Fsp3) is 0.600. The van der Waals surface area contributed by atoms with E-state index in [1.165, 1.54) is 0 Å². The number of hydrogen-bond donors (Lipinski definition) is 4. The zero-order valence-electron chi connectivity index (χ0n) is 10.00. The minimum absolute atomic E-state index is 0.325. The summed E-state index contributed by atoms with van der Waals surface area (Å²) in [4.78, 5) is 8.08. The smallest absolute Gasteiger partial charge is 0.239 e. The summed E-state index contributed by atoms with van der Waals surface area (Å²) in [6, 6.07) is 0. The minimum atomic E-state index is -0.755. The molecule has 1 heterocycles. The van der Waals surface area contributed by atoms with Gasteiger partial charge in [-0.25, -0.2) is 10.8 Å². The molecule has 5 N–H and O–H groups in total. The Morgan fingerprint density at radius 3 is 2.88 bits per heavy atom. The molecular weight excluding hydrogens is 286 g/mol. The van der Waals surface area contributed by atoms with Gasteiger partial charge in [0.1, 0.15) is 5.82 Å². The summed E-state index contributed by atoms with van der Waals surface area (Å²) in [5.41, 5.74) is 1.62. The van der Waals surface area contributed by atoms with E-state index >= 15 is 0 Å². The van der Waals surface area contributed by atoms with Gasteiger partial charge in [0.2, 0.25) is 5.95 Å². The molecular formula is C10H18BrN5O. The normalized spacial score (nSPS) is 14.2. The molecule has 0 fully saturated rings. The van der Waals surface area contributed by atoms with Crippen LogP contribution in [0.1, 0.15) is 26.7 Å². The fourth-order valence-corrected chi connectivity index (χ4v) is 1.79. The molecule has 0 bridgehead atoms. The van der Waals surface area contributed by atoms with Crippen LogP contribution in [0.15, 0.2) is 10.7 Å². The molecule has 0 saturated carbocycles. The van der Waals surface area contributed by atoms with Crippen molar-refractivity contribution >= 4 is 27.7 Å². The van der Waals surface area contributed by atoms with Gasteiger partial charge in [-0.2, -0.15) is 4.98 Å². The van der Waals surface area contributed by atoms with Gasteiger partial charge >= 0.3 is 0 Å². The number of anilines is 2. The van der Waals surface area contributed by atoms with E-state index in [0.717, 1.165) is 17.3 Å². The van der Waals surface area contributed by atoms with Crippen LogP contribution in [0.3, 0.4) is 0 Å². The third-order valence-corrected chi connectivity index (χ3v) is 2.88. The second kappa shape index (κ2) is 6.13. The Hall–Kier alpha value is -0.920. The van der Waals surface area contributed by atoms with E-state index in [9.17, 15) is 5.11 Å². The Bertz CT molecular complexity index is 372. The van der Waals surface area contributed by atoms with Gasteiger partial charge in [0.15, 0.2) is 0 Å².